The average Bonchev–Trinajstić information content (AvgIpc) is 2.53. The Balaban J connectivity index is 2.82. The maximum atomic E-state index is 5.96. The van der Waals surface area contributed by atoms with E-state index in [2.05, 4.69) is 10.4 Å². The first-order valence-corrected chi connectivity index (χ1v) is 5.71. The second-order valence-electron chi connectivity index (χ2n) is 2.61. The minimum absolute atomic E-state index is 0.514. The van der Waals surface area contributed by atoms with E-state index in [0.29, 0.717) is 33.2 Å². The quantitative estimate of drug-likeness (QED) is 0.288. The van der Waals surface area contributed by atoms with E-state index in [4.69, 9.17) is 33.8 Å². The molecule has 1 rings (SSSR count). The van der Waals surface area contributed by atoms with Crippen molar-refractivity contribution in [2.45, 2.75) is 0 Å². The van der Waals surface area contributed by atoms with Gasteiger partial charge in [-0.05, 0) is 6.07 Å². The monoisotopic (exact) mass is 267 g/mol. The standard InChI is InChI=1S/C8H11Cl2N3OS/c1-14-3-2-12-8(13-11)5-4-6(9)15-7(5)10/h4H,2-3,11H2,1H3,(H,12,13). The fourth-order valence-corrected chi connectivity index (χ4v) is 2.43. The van der Waals surface area contributed by atoms with Crippen LogP contribution in [0.5, 0.6) is 0 Å². The summed E-state index contributed by atoms with van der Waals surface area (Å²) in [6, 6.07) is 1.72. The first-order valence-electron chi connectivity index (χ1n) is 4.14. The van der Waals surface area contributed by atoms with Gasteiger partial charge in [0, 0.05) is 12.7 Å². The summed E-state index contributed by atoms with van der Waals surface area (Å²) >= 11 is 13.0. The van der Waals surface area contributed by atoms with Crippen molar-refractivity contribution >= 4 is 40.4 Å². The molecule has 0 saturated heterocycles. The zero-order valence-electron chi connectivity index (χ0n) is 8.09. The molecule has 0 atom stereocenters. The summed E-state index contributed by atoms with van der Waals surface area (Å²) in [6.45, 7) is 1.04. The van der Waals surface area contributed by atoms with Gasteiger partial charge >= 0.3 is 0 Å². The van der Waals surface area contributed by atoms with Gasteiger partial charge in [0.15, 0.2) is 0 Å². The molecule has 0 spiro atoms. The number of nitrogens with one attached hydrogen (secondary N) is 1. The zero-order chi connectivity index (χ0) is 11.3. The maximum absolute atomic E-state index is 5.96. The number of nitrogens with two attached hydrogens (primary N) is 1. The van der Waals surface area contributed by atoms with Crippen molar-refractivity contribution in [3.8, 4) is 0 Å². The largest absolute Gasteiger partial charge is 0.383 e. The van der Waals surface area contributed by atoms with Crippen LogP contribution in [0.15, 0.2) is 11.1 Å². The molecule has 3 N–H and O–H groups in total. The molecule has 0 aliphatic heterocycles. The van der Waals surface area contributed by atoms with Gasteiger partial charge in [-0.3, -0.25) is 4.99 Å². The number of thiophene rings is 1. The molecule has 84 valence electrons. The summed E-state index contributed by atoms with van der Waals surface area (Å²) in [5, 5.41) is 0. The number of aliphatic imine (C=N–C) groups is 1. The number of methoxy groups -OCH3 is 1. The molecule has 7 heteroatoms. The highest BCUT2D eigenvalue weighted by Gasteiger charge is 2.10. The Labute approximate surface area is 102 Å². The lowest BCUT2D eigenvalue weighted by Crippen LogP contribution is -2.31. The van der Waals surface area contributed by atoms with Crippen LogP contribution in [-0.2, 0) is 4.74 Å². The molecule has 1 aromatic heterocycles. The van der Waals surface area contributed by atoms with Crippen LogP contribution < -0.4 is 11.3 Å². The van der Waals surface area contributed by atoms with E-state index in [1.54, 1.807) is 13.2 Å². The summed E-state index contributed by atoms with van der Waals surface area (Å²) < 4.78 is 6.04. The molecule has 1 aromatic rings. The smallest absolute Gasteiger partial charge is 0.145 e. The predicted octanol–water partition coefficient (Wildman–Crippen LogP) is 1.91. The number of ether oxygens (including phenoxy) is 1. The van der Waals surface area contributed by atoms with Gasteiger partial charge in [-0.15, -0.1) is 11.3 Å². The Morgan fingerprint density at radius 3 is 2.87 bits per heavy atom. The number of halogens is 2. The Morgan fingerprint density at radius 2 is 2.40 bits per heavy atom. The third kappa shape index (κ3) is 3.62. The molecular formula is C8H11Cl2N3OS. The molecule has 1 heterocycles. The van der Waals surface area contributed by atoms with Crippen molar-refractivity contribution in [3.05, 3.63) is 20.3 Å². The van der Waals surface area contributed by atoms with E-state index in [0.717, 1.165) is 0 Å². The van der Waals surface area contributed by atoms with E-state index in [1.807, 2.05) is 0 Å². The Morgan fingerprint density at radius 1 is 1.67 bits per heavy atom. The van der Waals surface area contributed by atoms with Crippen LogP contribution in [0.4, 0.5) is 0 Å². The third-order valence-electron chi connectivity index (χ3n) is 1.61. The molecule has 0 saturated carbocycles. The second kappa shape index (κ2) is 6.30. The second-order valence-corrected chi connectivity index (χ2v) is 4.89. The normalized spacial score (nSPS) is 11.9. The van der Waals surface area contributed by atoms with Gasteiger partial charge < -0.3 is 10.2 Å². The summed E-state index contributed by atoms with van der Waals surface area (Å²) in [6.07, 6.45) is 0. The lowest BCUT2D eigenvalue weighted by atomic mass is 10.3. The Bertz CT molecular complexity index is 354. The maximum Gasteiger partial charge on any atom is 0.145 e. The average molecular weight is 268 g/mol. The fraction of sp³-hybridized carbons (Fsp3) is 0.375. The van der Waals surface area contributed by atoms with E-state index in [1.165, 1.54) is 11.3 Å². The molecule has 0 aliphatic rings. The molecular weight excluding hydrogens is 257 g/mol. The number of hydrogen-bond acceptors (Lipinski definition) is 4. The van der Waals surface area contributed by atoms with Gasteiger partial charge in [-0.1, -0.05) is 23.2 Å². The lowest BCUT2D eigenvalue weighted by molar-refractivity contribution is 0.208. The van der Waals surface area contributed by atoms with Gasteiger partial charge in [0.25, 0.3) is 0 Å². The van der Waals surface area contributed by atoms with E-state index < -0.39 is 0 Å². The van der Waals surface area contributed by atoms with Gasteiger partial charge in [0.05, 0.1) is 17.5 Å². The van der Waals surface area contributed by atoms with Crippen molar-refractivity contribution in [1.82, 2.24) is 5.43 Å². The van der Waals surface area contributed by atoms with Crippen molar-refractivity contribution < 1.29 is 4.74 Å². The molecule has 0 radical (unpaired) electrons. The molecule has 4 nitrogen and oxygen atoms in total. The number of amidine groups is 1. The third-order valence-corrected chi connectivity index (χ3v) is 3.10. The molecule has 0 fully saturated rings. The van der Waals surface area contributed by atoms with Crippen molar-refractivity contribution in [3.63, 3.8) is 0 Å². The first-order chi connectivity index (χ1) is 7.19. The van der Waals surface area contributed by atoms with Gasteiger partial charge in [-0.2, -0.15) is 0 Å². The molecule has 0 bridgehead atoms. The first kappa shape index (κ1) is 12.7. The zero-order valence-corrected chi connectivity index (χ0v) is 10.4. The Kier molecular flexibility index (Phi) is 5.35. The summed E-state index contributed by atoms with van der Waals surface area (Å²) in [5.41, 5.74) is 3.20. The minimum atomic E-state index is 0.514. The minimum Gasteiger partial charge on any atom is -0.383 e. The van der Waals surface area contributed by atoms with Crippen LogP contribution in [0.1, 0.15) is 5.56 Å². The topological polar surface area (TPSA) is 59.6 Å². The molecule has 0 aromatic carbocycles. The number of hydrogen-bond donors (Lipinski definition) is 2. The van der Waals surface area contributed by atoms with Crippen LogP contribution in [0.3, 0.4) is 0 Å². The van der Waals surface area contributed by atoms with E-state index >= 15 is 0 Å². The highest BCUT2D eigenvalue weighted by Crippen LogP contribution is 2.31. The number of hydrazine groups is 1. The van der Waals surface area contributed by atoms with Crippen LogP contribution in [-0.4, -0.2) is 26.1 Å². The Hall–Kier alpha value is -0.330. The summed E-state index contributed by atoms with van der Waals surface area (Å²) in [4.78, 5) is 4.20. The van der Waals surface area contributed by atoms with Crippen LogP contribution in [0.2, 0.25) is 8.67 Å². The van der Waals surface area contributed by atoms with Crippen molar-refractivity contribution in [2.24, 2.45) is 10.8 Å². The molecule has 15 heavy (non-hydrogen) atoms. The van der Waals surface area contributed by atoms with Crippen LogP contribution >= 0.6 is 34.5 Å². The van der Waals surface area contributed by atoms with E-state index in [9.17, 15) is 0 Å². The highest BCUT2D eigenvalue weighted by atomic mass is 35.5. The highest BCUT2D eigenvalue weighted by molar-refractivity contribution is 7.20. The van der Waals surface area contributed by atoms with Gasteiger partial charge in [0.1, 0.15) is 10.2 Å². The van der Waals surface area contributed by atoms with Crippen LogP contribution in [0, 0.1) is 0 Å². The molecule has 0 aliphatic carbocycles. The molecule has 0 amide bonds. The molecule has 0 unspecified atom stereocenters. The van der Waals surface area contributed by atoms with Crippen molar-refractivity contribution in [2.75, 3.05) is 20.3 Å². The predicted molar refractivity (Wildman–Crippen MR) is 64.9 cm³/mol. The summed E-state index contributed by atoms with van der Waals surface area (Å²) in [7, 11) is 1.61. The van der Waals surface area contributed by atoms with Gasteiger partial charge in [-0.25, -0.2) is 5.84 Å². The SMILES string of the molecule is COCCN=C(NN)c1cc(Cl)sc1Cl. The summed E-state index contributed by atoms with van der Waals surface area (Å²) in [5.74, 6) is 5.86. The van der Waals surface area contributed by atoms with Gasteiger partial charge in [0.2, 0.25) is 0 Å². The van der Waals surface area contributed by atoms with Crippen molar-refractivity contribution in [1.29, 1.82) is 0 Å². The fourth-order valence-electron chi connectivity index (χ4n) is 0.959. The van der Waals surface area contributed by atoms with Crippen LogP contribution in [0.25, 0.3) is 0 Å². The number of nitrogens with zero attached hydrogens (tertiary/aromatic N) is 1. The lowest BCUT2D eigenvalue weighted by Gasteiger charge is -2.03. The van der Waals surface area contributed by atoms with E-state index in [-0.39, 0.29) is 0 Å². The number of rotatable bonds is 4.